The zero-order valence-corrected chi connectivity index (χ0v) is 12.9. The summed E-state index contributed by atoms with van der Waals surface area (Å²) < 4.78 is 7.50. The molecule has 1 unspecified atom stereocenters. The molecule has 0 fully saturated rings. The molecule has 2 heterocycles. The van der Waals surface area contributed by atoms with Crippen LogP contribution < -0.4 is 10.1 Å². The molecule has 19 heavy (non-hydrogen) atoms. The predicted molar refractivity (Wildman–Crippen MR) is 79.1 cm³/mol. The third-order valence-corrected chi connectivity index (χ3v) is 4.16. The second-order valence-electron chi connectivity index (χ2n) is 4.87. The van der Waals surface area contributed by atoms with E-state index >= 15 is 0 Å². The van der Waals surface area contributed by atoms with Crippen molar-refractivity contribution >= 4 is 11.3 Å². The van der Waals surface area contributed by atoms with Gasteiger partial charge in [0.2, 0.25) is 0 Å². The Kier molecular flexibility index (Phi) is 4.27. The molecule has 5 heteroatoms. The maximum atomic E-state index is 5.48. The van der Waals surface area contributed by atoms with Gasteiger partial charge in [0.15, 0.2) is 5.75 Å². The second-order valence-corrected chi connectivity index (χ2v) is 5.61. The lowest BCUT2D eigenvalue weighted by Gasteiger charge is -2.21. The number of rotatable bonds is 5. The fourth-order valence-corrected chi connectivity index (χ4v) is 3.18. The molecule has 0 aliphatic heterocycles. The van der Waals surface area contributed by atoms with Crippen LogP contribution >= 0.6 is 11.3 Å². The first-order valence-electron chi connectivity index (χ1n) is 6.41. The number of hydrogen-bond acceptors (Lipinski definition) is 4. The van der Waals surface area contributed by atoms with Gasteiger partial charge in [-0.2, -0.15) is 16.4 Å². The summed E-state index contributed by atoms with van der Waals surface area (Å²) in [4.78, 5) is 0. The van der Waals surface area contributed by atoms with Crippen LogP contribution in [0.5, 0.6) is 5.75 Å². The van der Waals surface area contributed by atoms with Gasteiger partial charge < -0.3 is 10.1 Å². The van der Waals surface area contributed by atoms with Crippen LogP contribution in [-0.2, 0) is 0 Å². The second kappa shape index (κ2) is 5.75. The molecular formula is C14H21N3OS. The average molecular weight is 279 g/mol. The monoisotopic (exact) mass is 279 g/mol. The Morgan fingerprint density at radius 1 is 1.37 bits per heavy atom. The Bertz CT molecular complexity index is 545. The maximum Gasteiger partial charge on any atom is 0.161 e. The van der Waals surface area contributed by atoms with Gasteiger partial charge in [-0.25, -0.2) is 0 Å². The molecular weight excluding hydrogens is 258 g/mol. The van der Waals surface area contributed by atoms with Gasteiger partial charge in [0.05, 0.1) is 19.3 Å². The largest absolute Gasteiger partial charge is 0.493 e. The number of ether oxygens (including phenoxy) is 1. The summed E-state index contributed by atoms with van der Waals surface area (Å²) in [6, 6.07) is 0.403. The average Bonchev–Trinajstić information content (AvgIpc) is 2.98. The van der Waals surface area contributed by atoms with Crippen molar-refractivity contribution in [2.24, 2.45) is 0 Å². The highest BCUT2D eigenvalue weighted by atomic mass is 32.1. The Labute approximate surface area is 118 Å². The fourth-order valence-electron chi connectivity index (χ4n) is 2.30. The Morgan fingerprint density at radius 3 is 2.58 bits per heavy atom. The number of aryl methyl sites for hydroxylation is 1. The summed E-state index contributed by atoms with van der Waals surface area (Å²) in [6.07, 6.45) is 1.79. The number of nitrogens with one attached hydrogen (secondary N) is 1. The van der Waals surface area contributed by atoms with Gasteiger partial charge >= 0.3 is 0 Å². The van der Waals surface area contributed by atoms with Gasteiger partial charge in [-0.1, -0.05) is 0 Å². The van der Waals surface area contributed by atoms with Crippen molar-refractivity contribution in [1.29, 1.82) is 0 Å². The number of methoxy groups -OCH3 is 1. The van der Waals surface area contributed by atoms with E-state index in [1.165, 1.54) is 11.1 Å². The highest BCUT2D eigenvalue weighted by Crippen LogP contribution is 2.34. The third-order valence-electron chi connectivity index (χ3n) is 3.28. The lowest BCUT2D eigenvalue weighted by atomic mass is 10.0. The molecule has 1 N–H and O–H groups in total. The smallest absolute Gasteiger partial charge is 0.161 e. The van der Waals surface area contributed by atoms with E-state index < -0.39 is 0 Å². The van der Waals surface area contributed by atoms with E-state index in [2.05, 4.69) is 41.9 Å². The maximum absolute atomic E-state index is 5.48. The van der Waals surface area contributed by atoms with E-state index in [1.807, 2.05) is 11.7 Å². The quantitative estimate of drug-likeness (QED) is 0.914. The standard InChI is InChI=1S/C14H21N3OS/c1-9(2)17-14(12(18-5)6-16-17)13(15-4)11-8-19-7-10(11)3/h6-9,13,15H,1-5H3. The number of nitrogens with zero attached hydrogens (tertiary/aromatic N) is 2. The van der Waals surface area contributed by atoms with Crippen molar-refractivity contribution in [2.75, 3.05) is 14.2 Å². The normalized spacial score (nSPS) is 12.9. The van der Waals surface area contributed by atoms with E-state index in [0.29, 0.717) is 6.04 Å². The van der Waals surface area contributed by atoms with Crippen LogP contribution in [0.2, 0.25) is 0 Å². The van der Waals surface area contributed by atoms with Crippen LogP contribution in [0, 0.1) is 6.92 Å². The molecule has 0 aromatic carbocycles. The van der Waals surface area contributed by atoms with Crippen LogP contribution in [0.3, 0.4) is 0 Å². The van der Waals surface area contributed by atoms with E-state index in [1.54, 1.807) is 24.6 Å². The Morgan fingerprint density at radius 2 is 2.11 bits per heavy atom. The van der Waals surface area contributed by atoms with Crippen LogP contribution in [0.25, 0.3) is 0 Å². The molecule has 2 aromatic rings. The third kappa shape index (κ3) is 2.53. The lowest BCUT2D eigenvalue weighted by Crippen LogP contribution is -2.23. The highest BCUT2D eigenvalue weighted by molar-refractivity contribution is 7.08. The molecule has 0 amide bonds. The van der Waals surface area contributed by atoms with Crippen molar-refractivity contribution in [3.63, 3.8) is 0 Å². The lowest BCUT2D eigenvalue weighted by molar-refractivity contribution is 0.396. The molecule has 0 aliphatic rings. The number of hydrogen-bond donors (Lipinski definition) is 1. The minimum absolute atomic E-state index is 0.103. The van der Waals surface area contributed by atoms with Gasteiger partial charge in [-0.05, 0) is 49.7 Å². The minimum Gasteiger partial charge on any atom is -0.493 e. The zero-order chi connectivity index (χ0) is 14.0. The van der Waals surface area contributed by atoms with Crippen molar-refractivity contribution < 1.29 is 4.74 Å². The number of aromatic nitrogens is 2. The van der Waals surface area contributed by atoms with Crippen LogP contribution in [0.15, 0.2) is 17.0 Å². The molecule has 2 aromatic heterocycles. The van der Waals surface area contributed by atoms with Crippen LogP contribution in [0.1, 0.15) is 42.8 Å². The first kappa shape index (κ1) is 14.1. The van der Waals surface area contributed by atoms with E-state index in [-0.39, 0.29) is 6.04 Å². The SMILES string of the molecule is CNC(c1cscc1C)c1c(OC)cnn1C(C)C. The van der Waals surface area contributed by atoms with Gasteiger partial charge in [0.25, 0.3) is 0 Å². The molecule has 0 radical (unpaired) electrons. The Hall–Kier alpha value is -1.33. The molecule has 4 nitrogen and oxygen atoms in total. The first-order chi connectivity index (χ1) is 9.10. The molecule has 0 aliphatic carbocycles. The van der Waals surface area contributed by atoms with E-state index in [4.69, 9.17) is 4.74 Å². The molecule has 2 rings (SSSR count). The topological polar surface area (TPSA) is 39.1 Å². The molecule has 0 saturated carbocycles. The van der Waals surface area contributed by atoms with Crippen LogP contribution in [-0.4, -0.2) is 23.9 Å². The summed E-state index contributed by atoms with van der Waals surface area (Å²) in [5, 5.41) is 12.2. The van der Waals surface area contributed by atoms with Crippen molar-refractivity contribution in [3.8, 4) is 5.75 Å². The first-order valence-corrected chi connectivity index (χ1v) is 7.35. The molecule has 0 bridgehead atoms. The van der Waals surface area contributed by atoms with E-state index in [9.17, 15) is 0 Å². The highest BCUT2D eigenvalue weighted by Gasteiger charge is 2.25. The van der Waals surface area contributed by atoms with Gasteiger partial charge in [-0.3, -0.25) is 4.68 Å². The van der Waals surface area contributed by atoms with Crippen molar-refractivity contribution in [3.05, 3.63) is 33.8 Å². The molecule has 0 saturated heterocycles. The summed E-state index contributed by atoms with van der Waals surface area (Å²) in [5.41, 5.74) is 3.66. The molecule has 1 atom stereocenters. The van der Waals surface area contributed by atoms with Gasteiger partial charge in [-0.15, -0.1) is 0 Å². The zero-order valence-electron chi connectivity index (χ0n) is 12.1. The van der Waals surface area contributed by atoms with Crippen LogP contribution in [0.4, 0.5) is 0 Å². The summed E-state index contributed by atoms with van der Waals surface area (Å²) >= 11 is 1.72. The number of thiophene rings is 1. The summed E-state index contributed by atoms with van der Waals surface area (Å²) in [5.74, 6) is 0.832. The van der Waals surface area contributed by atoms with Gasteiger partial charge in [0, 0.05) is 6.04 Å². The minimum atomic E-state index is 0.103. The Balaban J connectivity index is 2.54. The van der Waals surface area contributed by atoms with E-state index in [0.717, 1.165) is 11.4 Å². The molecule has 0 spiro atoms. The predicted octanol–water partition coefficient (Wildman–Crippen LogP) is 3.15. The van der Waals surface area contributed by atoms with Crippen molar-refractivity contribution in [2.45, 2.75) is 32.9 Å². The van der Waals surface area contributed by atoms with Crippen molar-refractivity contribution in [1.82, 2.24) is 15.1 Å². The van der Waals surface area contributed by atoms with Gasteiger partial charge in [0.1, 0.15) is 5.69 Å². The fraction of sp³-hybridized carbons (Fsp3) is 0.500. The molecule has 104 valence electrons. The summed E-state index contributed by atoms with van der Waals surface area (Å²) in [7, 11) is 3.66. The summed E-state index contributed by atoms with van der Waals surface area (Å²) in [6.45, 7) is 6.39.